The van der Waals surface area contributed by atoms with Gasteiger partial charge in [-0.05, 0) is 55.4 Å². The lowest BCUT2D eigenvalue weighted by Gasteiger charge is -2.12. The van der Waals surface area contributed by atoms with Gasteiger partial charge in [0, 0.05) is 6.04 Å². The highest BCUT2D eigenvalue weighted by molar-refractivity contribution is 5.91. The number of carbonyl (C=O) groups is 2. The molecule has 0 radical (unpaired) electrons. The van der Waals surface area contributed by atoms with Crippen molar-refractivity contribution in [3.05, 3.63) is 34.9 Å². The SMILES string of the molecule is O=C(COC(=O)c1ccc2c(c1)CCC2)NC1CCCC1. The van der Waals surface area contributed by atoms with Crippen LogP contribution in [0.2, 0.25) is 0 Å². The molecule has 1 amide bonds. The average molecular weight is 287 g/mol. The van der Waals surface area contributed by atoms with E-state index in [9.17, 15) is 9.59 Å². The van der Waals surface area contributed by atoms with Gasteiger partial charge >= 0.3 is 5.97 Å². The van der Waals surface area contributed by atoms with Gasteiger partial charge in [-0.1, -0.05) is 18.9 Å². The van der Waals surface area contributed by atoms with E-state index in [1.165, 1.54) is 24.0 Å². The maximum absolute atomic E-state index is 12.0. The van der Waals surface area contributed by atoms with E-state index in [1.807, 2.05) is 12.1 Å². The summed E-state index contributed by atoms with van der Waals surface area (Å²) in [7, 11) is 0. The van der Waals surface area contributed by atoms with E-state index in [2.05, 4.69) is 5.32 Å². The molecule has 1 N–H and O–H groups in total. The summed E-state index contributed by atoms with van der Waals surface area (Å²) in [6.07, 6.45) is 7.67. The van der Waals surface area contributed by atoms with Crippen molar-refractivity contribution in [1.29, 1.82) is 0 Å². The molecule has 0 unspecified atom stereocenters. The molecule has 21 heavy (non-hydrogen) atoms. The molecule has 112 valence electrons. The second-order valence-corrected chi connectivity index (χ2v) is 5.96. The van der Waals surface area contributed by atoms with Gasteiger partial charge in [0.25, 0.3) is 5.91 Å². The third kappa shape index (κ3) is 3.43. The van der Waals surface area contributed by atoms with Crippen LogP contribution in [0.15, 0.2) is 18.2 Å². The molecule has 1 saturated carbocycles. The van der Waals surface area contributed by atoms with E-state index in [0.717, 1.165) is 32.1 Å². The van der Waals surface area contributed by atoms with Crippen LogP contribution in [0.3, 0.4) is 0 Å². The van der Waals surface area contributed by atoms with Crippen molar-refractivity contribution in [3.63, 3.8) is 0 Å². The molecule has 1 aromatic rings. The van der Waals surface area contributed by atoms with Gasteiger partial charge in [-0.15, -0.1) is 0 Å². The fraction of sp³-hybridized carbons (Fsp3) is 0.529. The number of hydrogen-bond acceptors (Lipinski definition) is 3. The molecule has 0 atom stereocenters. The molecule has 0 spiro atoms. The van der Waals surface area contributed by atoms with Crippen LogP contribution in [0.25, 0.3) is 0 Å². The minimum Gasteiger partial charge on any atom is -0.452 e. The Balaban J connectivity index is 1.50. The quantitative estimate of drug-likeness (QED) is 0.865. The van der Waals surface area contributed by atoms with Crippen molar-refractivity contribution in [2.45, 2.75) is 51.0 Å². The van der Waals surface area contributed by atoms with Crippen molar-refractivity contribution >= 4 is 11.9 Å². The summed E-state index contributed by atoms with van der Waals surface area (Å²) in [5, 5.41) is 2.91. The normalized spacial score (nSPS) is 17.5. The van der Waals surface area contributed by atoms with Gasteiger partial charge in [-0.3, -0.25) is 4.79 Å². The summed E-state index contributed by atoms with van der Waals surface area (Å²) in [6.45, 7) is -0.188. The van der Waals surface area contributed by atoms with Crippen molar-refractivity contribution in [2.24, 2.45) is 0 Å². The summed E-state index contributed by atoms with van der Waals surface area (Å²) in [5.74, 6) is -0.609. The molecular formula is C17H21NO3. The van der Waals surface area contributed by atoms with E-state index in [-0.39, 0.29) is 18.6 Å². The fourth-order valence-corrected chi connectivity index (χ4v) is 3.25. The minimum atomic E-state index is -0.411. The first-order valence-electron chi connectivity index (χ1n) is 7.80. The predicted molar refractivity (Wildman–Crippen MR) is 79.1 cm³/mol. The van der Waals surface area contributed by atoms with Crippen LogP contribution in [0.1, 0.15) is 53.6 Å². The molecule has 1 fully saturated rings. The van der Waals surface area contributed by atoms with Crippen LogP contribution in [-0.2, 0) is 22.4 Å². The average Bonchev–Trinajstić information content (AvgIpc) is 3.14. The Morgan fingerprint density at radius 2 is 1.86 bits per heavy atom. The highest BCUT2D eigenvalue weighted by Crippen LogP contribution is 2.23. The van der Waals surface area contributed by atoms with E-state index in [4.69, 9.17) is 4.74 Å². The van der Waals surface area contributed by atoms with E-state index in [1.54, 1.807) is 6.07 Å². The van der Waals surface area contributed by atoms with E-state index >= 15 is 0 Å². The molecule has 2 aliphatic rings. The predicted octanol–water partition coefficient (Wildman–Crippen LogP) is 2.39. The third-order valence-corrected chi connectivity index (χ3v) is 4.39. The second-order valence-electron chi connectivity index (χ2n) is 5.96. The first kappa shape index (κ1) is 14.1. The largest absolute Gasteiger partial charge is 0.452 e. The van der Waals surface area contributed by atoms with Crippen LogP contribution in [0.4, 0.5) is 0 Å². The van der Waals surface area contributed by atoms with Gasteiger partial charge in [0.05, 0.1) is 5.56 Å². The molecule has 2 aliphatic carbocycles. The van der Waals surface area contributed by atoms with Gasteiger partial charge in [0.15, 0.2) is 6.61 Å². The number of aryl methyl sites for hydroxylation is 2. The molecule has 0 aromatic heterocycles. The fourth-order valence-electron chi connectivity index (χ4n) is 3.25. The third-order valence-electron chi connectivity index (χ3n) is 4.39. The Bertz CT molecular complexity index is 547. The first-order chi connectivity index (χ1) is 10.2. The zero-order valence-corrected chi connectivity index (χ0v) is 12.2. The molecule has 0 heterocycles. The lowest BCUT2D eigenvalue weighted by Crippen LogP contribution is -2.35. The van der Waals surface area contributed by atoms with E-state index < -0.39 is 5.97 Å². The van der Waals surface area contributed by atoms with Gasteiger partial charge in [0.2, 0.25) is 0 Å². The van der Waals surface area contributed by atoms with Crippen molar-refractivity contribution in [2.75, 3.05) is 6.61 Å². The number of carbonyl (C=O) groups excluding carboxylic acids is 2. The number of fused-ring (bicyclic) bond motifs is 1. The van der Waals surface area contributed by atoms with Crippen LogP contribution in [0, 0.1) is 0 Å². The Kier molecular flexibility index (Phi) is 4.23. The molecule has 0 aliphatic heterocycles. The summed E-state index contributed by atoms with van der Waals surface area (Å²) >= 11 is 0. The van der Waals surface area contributed by atoms with Gasteiger partial charge < -0.3 is 10.1 Å². The lowest BCUT2D eigenvalue weighted by atomic mass is 10.1. The number of nitrogens with one attached hydrogen (secondary N) is 1. The van der Waals surface area contributed by atoms with Gasteiger partial charge in [-0.25, -0.2) is 4.79 Å². The van der Waals surface area contributed by atoms with Crippen molar-refractivity contribution in [1.82, 2.24) is 5.32 Å². The number of esters is 1. The molecule has 0 saturated heterocycles. The maximum atomic E-state index is 12.0. The molecule has 1 aromatic carbocycles. The van der Waals surface area contributed by atoms with Crippen molar-refractivity contribution < 1.29 is 14.3 Å². The van der Waals surface area contributed by atoms with Crippen LogP contribution in [-0.4, -0.2) is 24.5 Å². The summed E-state index contributed by atoms with van der Waals surface area (Å²) in [4.78, 5) is 23.7. The topological polar surface area (TPSA) is 55.4 Å². The Hall–Kier alpha value is -1.84. The van der Waals surface area contributed by atoms with Crippen LogP contribution >= 0.6 is 0 Å². The zero-order valence-electron chi connectivity index (χ0n) is 12.2. The van der Waals surface area contributed by atoms with Gasteiger partial charge in [-0.2, -0.15) is 0 Å². The zero-order chi connectivity index (χ0) is 14.7. The van der Waals surface area contributed by atoms with Gasteiger partial charge in [0.1, 0.15) is 0 Å². The summed E-state index contributed by atoms with van der Waals surface area (Å²) in [6, 6.07) is 5.95. The minimum absolute atomic E-state index is 0.188. The number of amides is 1. The monoisotopic (exact) mass is 287 g/mol. The van der Waals surface area contributed by atoms with Crippen LogP contribution < -0.4 is 5.32 Å². The first-order valence-corrected chi connectivity index (χ1v) is 7.80. The number of rotatable bonds is 4. The van der Waals surface area contributed by atoms with E-state index in [0.29, 0.717) is 5.56 Å². The standard InChI is InChI=1S/C17H21NO3/c19-16(18-15-6-1-2-7-15)11-21-17(20)14-9-8-12-4-3-5-13(12)10-14/h8-10,15H,1-7,11H2,(H,18,19). The maximum Gasteiger partial charge on any atom is 0.338 e. The summed E-state index contributed by atoms with van der Waals surface area (Å²) in [5.41, 5.74) is 3.11. The highest BCUT2D eigenvalue weighted by atomic mass is 16.5. The van der Waals surface area contributed by atoms with Crippen LogP contribution in [0.5, 0.6) is 0 Å². The Morgan fingerprint density at radius 3 is 2.67 bits per heavy atom. The second kappa shape index (κ2) is 6.29. The number of hydrogen-bond donors (Lipinski definition) is 1. The lowest BCUT2D eigenvalue weighted by molar-refractivity contribution is -0.124. The van der Waals surface area contributed by atoms with Crippen molar-refractivity contribution in [3.8, 4) is 0 Å². The highest BCUT2D eigenvalue weighted by Gasteiger charge is 2.19. The number of ether oxygens (including phenoxy) is 1. The smallest absolute Gasteiger partial charge is 0.338 e. The molecular weight excluding hydrogens is 266 g/mol. The summed E-state index contributed by atoms with van der Waals surface area (Å²) < 4.78 is 5.11. The Labute approximate surface area is 124 Å². The number of benzene rings is 1. The molecule has 0 bridgehead atoms. The molecule has 3 rings (SSSR count). The molecule has 4 heteroatoms. The Morgan fingerprint density at radius 1 is 1.10 bits per heavy atom. The molecule has 4 nitrogen and oxygen atoms in total.